The Morgan fingerprint density at radius 2 is 1.89 bits per heavy atom. The molecule has 0 radical (unpaired) electrons. The third-order valence-electron chi connectivity index (χ3n) is 2.57. The molecule has 0 unspecified atom stereocenters. The molecule has 6 heteroatoms. The lowest BCUT2D eigenvalue weighted by atomic mass is 10.2. The van der Waals surface area contributed by atoms with Gasteiger partial charge in [0.2, 0.25) is 0 Å². The fourth-order valence-corrected chi connectivity index (χ4v) is 3.03. The van der Waals surface area contributed by atoms with E-state index in [9.17, 15) is 0 Å². The van der Waals surface area contributed by atoms with E-state index in [0.29, 0.717) is 20.9 Å². The normalized spacial score (nSPS) is 10.6. The van der Waals surface area contributed by atoms with Crippen LogP contribution in [0.15, 0.2) is 34.2 Å². The number of hydrogen-bond acceptors (Lipinski definition) is 4. The van der Waals surface area contributed by atoms with Gasteiger partial charge in [0.1, 0.15) is 5.03 Å². The van der Waals surface area contributed by atoms with Gasteiger partial charge in [0.05, 0.1) is 10.0 Å². The highest BCUT2D eigenvalue weighted by atomic mass is 35.5. The molecular weight excluding hydrogens is 301 g/mol. The molecule has 0 amide bonds. The number of nitrogen functional groups attached to an aromatic ring is 1. The van der Waals surface area contributed by atoms with Crippen molar-refractivity contribution >= 4 is 40.8 Å². The largest absolute Gasteiger partial charge is 0.307 e. The van der Waals surface area contributed by atoms with Crippen LogP contribution in [0, 0.1) is 13.8 Å². The molecule has 0 aliphatic rings. The zero-order valence-electron chi connectivity index (χ0n) is 10.5. The van der Waals surface area contributed by atoms with Crippen molar-refractivity contribution in [2.24, 2.45) is 5.84 Å². The average molecular weight is 314 g/mol. The molecule has 0 atom stereocenters. The highest BCUT2D eigenvalue weighted by Gasteiger charge is 2.11. The van der Waals surface area contributed by atoms with Gasteiger partial charge in [-0.2, -0.15) is 0 Å². The van der Waals surface area contributed by atoms with Crippen molar-refractivity contribution in [3.05, 3.63) is 45.4 Å². The second-order valence-corrected chi connectivity index (χ2v) is 5.97. The van der Waals surface area contributed by atoms with Crippen LogP contribution in [0.3, 0.4) is 0 Å². The molecular formula is C13H13Cl2N3S. The molecule has 0 aliphatic carbocycles. The lowest BCUT2D eigenvalue weighted by molar-refractivity contribution is 1.10. The molecule has 100 valence electrons. The Hall–Kier alpha value is -0.940. The maximum atomic E-state index is 6.16. The van der Waals surface area contributed by atoms with Gasteiger partial charge in [-0.05, 0) is 31.5 Å². The Morgan fingerprint density at radius 3 is 2.53 bits per heavy atom. The van der Waals surface area contributed by atoms with Crippen LogP contribution >= 0.6 is 35.0 Å². The number of anilines is 1. The summed E-state index contributed by atoms with van der Waals surface area (Å²) in [6, 6.07) is 7.87. The Labute approximate surface area is 126 Å². The fraction of sp³-hybridized carbons (Fsp3) is 0.154. The summed E-state index contributed by atoms with van der Waals surface area (Å²) < 4.78 is 0. The first kappa shape index (κ1) is 14.5. The summed E-state index contributed by atoms with van der Waals surface area (Å²) in [7, 11) is 0. The first-order chi connectivity index (χ1) is 9.01. The lowest BCUT2D eigenvalue weighted by Crippen LogP contribution is -2.09. The summed E-state index contributed by atoms with van der Waals surface area (Å²) >= 11 is 13.6. The fourth-order valence-electron chi connectivity index (χ4n) is 1.64. The van der Waals surface area contributed by atoms with Gasteiger partial charge in [0, 0.05) is 4.90 Å². The van der Waals surface area contributed by atoms with Crippen molar-refractivity contribution in [2.75, 3.05) is 5.43 Å². The Kier molecular flexibility index (Phi) is 4.58. The van der Waals surface area contributed by atoms with Crippen molar-refractivity contribution in [3.8, 4) is 0 Å². The number of hydrazine groups is 1. The molecule has 1 aromatic heterocycles. The minimum atomic E-state index is 0.400. The summed E-state index contributed by atoms with van der Waals surface area (Å²) in [5.41, 5.74) is 4.86. The van der Waals surface area contributed by atoms with Gasteiger partial charge in [-0.1, -0.05) is 52.7 Å². The molecule has 3 N–H and O–H groups in total. The molecule has 0 fully saturated rings. The number of hydrogen-bond donors (Lipinski definition) is 2. The third kappa shape index (κ3) is 3.34. The minimum Gasteiger partial charge on any atom is -0.307 e. The van der Waals surface area contributed by atoms with Gasteiger partial charge in [0.25, 0.3) is 0 Å². The number of pyridine rings is 1. The van der Waals surface area contributed by atoms with Crippen molar-refractivity contribution in [2.45, 2.75) is 23.8 Å². The maximum Gasteiger partial charge on any atom is 0.160 e. The van der Waals surface area contributed by atoms with E-state index in [1.54, 1.807) is 6.07 Å². The van der Waals surface area contributed by atoms with Crippen LogP contribution in [0.25, 0.3) is 0 Å². The van der Waals surface area contributed by atoms with Gasteiger partial charge >= 0.3 is 0 Å². The number of halogens is 2. The maximum absolute atomic E-state index is 6.16. The monoisotopic (exact) mass is 313 g/mol. The van der Waals surface area contributed by atoms with Crippen LogP contribution in [0.5, 0.6) is 0 Å². The topological polar surface area (TPSA) is 50.9 Å². The quantitative estimate of drug-likeness (QED) is 0.649. The molecule has 0 saturated carbocycles. The number of nitrogens with two attached hydrogens (primary N) is 1. The van der Waals surface area contributed by atoms with E-state index in [4.69, 9.17) is 29.0 Å². The Bertz CT molecular complexity index is 617. The second kappa shape index (κ2) is 6.01. The number of aryl methyl sites for hydroxylation is 2. The third-order valence-corrected chi connectivity index (χ3v) is 4.44. The summed E-state index contributed by atoms with van der Waals surface area (Å²) in [5.74, 6) is 5.78. The molecule has 0 saturated heterocycles. The number of nitrogens with zero attached hydrogens (tertiary/aromatic N) is 1. The molecule has 0 aliphatic heterocycles. The van der Waals surface area contributed by atoms with Crippen molar-refractivity contribution in [1.29, 1.82) is 0 Å². The van der Waals surface area contributed by atoms with E-state index in [2.05, 4.69) is 42.5 Å². The summed E-state index contributed by atoms with van der Waals surface area (Å²) in [4.78, 5) is 5.41. The smallest absolute Gasteiger partial charge is 0.160 e. The molecule has 19 heavy (non-hydrogen) atoms. The standard InChI is InChI=1S/C13H13Cl2N3S/c1-7-3-4-11(8(2)5-7)19-13-10(15)6-9(14)12(17-13)18-16/h3-6H,16H2,1-2H3,(H,17,18). The van der Waals surface area contributed by atoms with E-state index >= 15 is 0 Å². The first-order valence-corrected chi connectivity index (χ1v) is 7.16. The molecule has 2 rings (SSSR count). The zero-order chi connectivity index (χ0) is 14.0. The van der Waals surface area contributed by atoms with Crippen LogP contribution in [-0.2, 0) is 0 Å². The first-order valence-electron chi connectivity index (χ1n) is 5.59. The summed E-state index contributed by atoms with van der Waals surface area (Å²) in [6.07, 6.45) is 0. The highest BCUT2D eigenvalue weighted by molar-refractivity contribution is 7.99. The summed E-state index contributed by atoms with van der Waals surface area (Å²) in [6.45, 7) is 4.12. The zero-order valence-corrected chi connectivity index (χ0v) is 12.8. The summed E-state index contributed by atoms with van der Waals surface area (Å²) in [5, 5.41) is 1.58. The molecule has 0 spiro atoms. The van der Waals surface area contributed by atoms with Gasteiger partial charge in [-0.25, -0.2) is 10.8 Å². The number of nitrogens with one attached hydrogen (secondary N) is 1. The average Bonchev–Trinajstić information content (AvgIpc) is 2.35. The van der Waals surface area contributed by atoms with Gasteiger partial charge in [-0.15, -0.1) is 0 Å². The van der Waals surface area contributed by atoms with Crippen molar-refractivity contribution < 1.29 is 0 Å². The van der Waals surface area contributed by atoms with Crippen molar-refractivity contribution in [3.63, 3.8) is 0 Å². The number of aromatic nitrogens is 1. The van der Waals surface area contributed by atoms with E-state index < -0.39 is 0 Å². The van der Waals surface area contributed by atoms with Crippen LogP contribution in [0.2, 0.25) is 10.0 Å². The van der Waals surface area contributed by atoms with Crippen molar-refractivity contribution in [1.82, 2.24) is 4.98 Å². The number of rotatable bonds is 3. The minimum absolute atomic E-state index is 0.400. The van der Waals surface area contributed by atoms with Crippen LogP contribution < -0.4 is 11.3 Å². The second-order valence-electron chi connectivity index (χ2n) is 4.12. The SMILES string of the molecule is Cc1ccc(Sc2nc(NN)c(Cl)cc2Cl)c(C)c1. The molecule has 3 nitrogen and oxygen atoms in total. The van der Waals surface area contributed by atoms with Gasteiger partial charge < -0.3 is 5.43 Å². The van der Waals surface area contributed by atoms with Crippen LogP contribution in [-0.4, -0.2) is 4.98 Å². The molecule has 0 bridgehead atoms. The lowest BCUT2D eigenvalue weighted by Gasteiger charge is -2.10. The Morgan fingerprint density at radius 1 is 1.16 bits per heavy atom. The van der Waals surface area contributed by atoms with Gasteiger partial charge in [-0.3, -0.25) is 0 Å². The van der Waals surface area contributed by atoms with E-state index in [1.165, 1.54) is 22.9 Å². The Balaban J connectivity index is 2.37. The van der Waals surface area contributed by atoms with Crippen LogP contribution in [0.1, 0.15) is 11.1 Å². The molecule has 2 aromatic rings. The predicted octanol–water partition coefficient (Wildman–Crippen LogP) is 4.44. The van der Waals surface area contributed by atoms with E-state index in [-0.39, 0.29) is 0 Å². The molecule has 1 aromatic carbocycles. The predicted molar refractivity (Wildman–Crippen MR) is 82.1 cm³/mol. The van der Waals surface area contributed by atoms with E-state index in [1.807, 2.05) is 0 Å². The number of benzene rings is 1. The van der Waals surface area contributed by atoms with Crippen LogP contribution in [0.4, 0.5) is 5.82 Å². The van der Waals surface area contributed by atoms with Gasteiger partial charge in [0.15, 0.2) is 5.82 Å². The van der Waals surface area contributed by atoms with E-state index in [0.717, 1.165) is 4.90 Å². The highest BCUT2D eigenvalue weighted by Crippen LogP contribution is 2.36. The molecule has 1 heterocycles.